The Morgan fingerprint density at radius 3 is 2.55 bits per heavy atom. The summed E-state index contributed by atoms with van der Waals surface area (Å²) in [6, 6.07) is 12.0. The van der Waals surface area contributed by atoms with E-state index >= 15 is 0 Å². The number of thiophene rings is 1. The number of carbonyl (C=O) groups is 2. The molecule has 0 bridgehead atoms. The van der Waals surface area contributed by atoms with Crippen LogP contribution in [0.5, 0.6) is 0 Å². The van der Waals surface area contributed by atoms with Gasteiger partial charge in [0, 0.05) is 4.88 Å². The Kier molecular flexibility index (Phi) is 7.25. The van der Waals surface area contributed by atoms with Crippen LogP contribution in [0.15, 0.2) is 41.8 Å². The largest absolute Gasteiger partial charge is 0.445 e. The Balaban J connectivity index is 1.64. The summed E-state index contributed by atoms with van der Waals surface area (Å²) in [6.07, 6.45) is 3.17. The number of carbonyl (C=O) groups excluding carboxylic acids is 2. The van der Waals surface area contributed by atoms with Gasteiger partial charge in [-0.2, -0.15) is 5.26 Å². The summed E-state index contributed by atoms with van der Waals surface area (Å²) in [7, 11) is 0. The highest BCUT2D eigenvalue weighted by Gasteiger charge is 2.34. The van der Waals surface area contributed by atoms with Gasteiger partial charge in [-0.3, -0.25) is 4.79 Å². The molecule has 2 aromatic rings. The molecular formula is C22H25N3O3S. The van der Waals surface area contributed by atoms with Gasteiger partial charge in [0.2, 0.25) is 5.91 Å². The van der Waals surface area contributed by atoms with Crippen molar-refractivity contribution in [3.63, 3.8) is 0 Å². The molecular weight excluding hydrogens is 386 g/mol. The molecule has 7 heteroatoms. The van der Waals surface area contributed by atoms with E-state index in [1.165, 1.54) is 11.3 Å². The van der Waals surface area contributed by atoms with Crippen molar-refractivity contribution >= 4 is 23.3 Å². The maximum atomic E-state index is 13.0. The number of ether oxygens (including phenoxy) is 1. The normalized spacial score (nSPS) is 15.9. The van der Waals surface area contributed by atoms with Crippen LogP contribution in [-0.4, -0.2) is 18.0 Å². The van der Waals surface area contributed by atoms with Gasteiger partial charge in [0.05, 0.1) is 6.07 Å². The van der Waals surface area contributed by atoms with Gasteiger partial charge in [0.15, 0.2) is 6.04 Å². The Bertz CT molecular complexity index is 869. The number of nitrogens with zero attached hydrogens (tertiary/aromatic N) is 1. The molecule has 0 saturated heterocycles. The van der Waals surface area contributed by atoms with E-state index in [2.05, 4.69) is 16.7 Å². The van der Waals surface area contributed by atoms with Crippen LogP contribution in [0.25, 0.3) is 0 Å². The third-order valence-corrected chi connectivity index (χ3v) is 6.30. The minimum atomic E-state index is -0.728. The molecule has 1 aromatic heterocycles. The molecule has 2 N–H and O–H groups in total. The molecule has 1 aliphatic rings. The van der Waals surface area contributed by atoms with Crippen LogP contribution in [0.1, 0.15) is 47.7 Å². The first-order chi connectivity index (χ1) is 14.1. The minimum absolute atomic E-state index is 0.0445. The Morgan fingerprint density at radius 2 is 1.93 bits per heavy atom. The summed E-state index contributed by atoms with van der Waals surface area (Å²) in [4.78, 5) is 26.2. The molecule has 1 unspecified atom stereocenters. The number of benzene rings is 1. The van der Waals surface area contributed by atoms with Crippen LogP contribution in [0, 0.1) is 24.2 Å². The summed E-state index contributed by atoms with van der Waals surface area (Å²) < 4.78 is 5.30. The molecule has 1 aliphatic carbocycles. The van der Waals surface area contributed by atoms with E-state index in [9.17, 15) is 14.9 Å². The van der Waals surface area contributed by atoms with Crippen molar-refractivity contribution in [1.82, 2.24) is 10.6 Å². The van der Waals surface area contributed by atoms with E-state index in [0.29, 0.717) is 0 Å². The van der Waals surface area contributed by atoms with Crippen molar-refractivity contribution in [2.24, 2.45) is 5.92 Å². The summed E-state index contributed by atoms with van der Waals surface area (Å²) in [5.74, 6) is -0.295. The lowest BCUT2D eigenvalue weighted by atomic mass is 9.97. The lowest BCUT2D eigenvalue weighted by Crippen LogP contribution is -2.51. The standard InChI is InChI=1S/C22H25N3O3S/c1-15-11-12-29-20(15)18(13-23)24-21(26)19(17-9-5-6-10-17)25-22(27)28-14-16-7-3-2-4-8-16/h2-4,7-8,11-12,17-19H,5-6,9-10,14H2,1H3,(H,24,26)(H,25,27)/t18?,19-/m0/s1. The SMILES string of the molecule is Cc1ccsc1C(C#N)NC(=O)[C@@H](NC(=O)OCc1ccccc1)C1CCCC1. The molecule has 0 aliphatic heterocycles. The van der Waals surface area contributed by atoms with Crippen LogP contribution < -0.4 is 10.6 Å². The van der Waals surface area contributed by atoms with Gasteiger partial charge >= 0.3 is 6.09 Å². The monoisotopic (exact) mass is 411 g/mol. The van der Waals surface area contributed by atoms with Crippen LogP contribution >= 0.6 is 11.3 Å². The number of hydrogen-bond acceptors (Lipinski definition) is 5. The average molecular weight is 412 g/mol. The highest BCUT2D eigenvalue weighted by molar-refractivity contribution is 7.10. The lowest BCUT2D eigenvalue weighted by molar-refractivity contribution is -0.124. The van der Waals surface area contributed by atoms with E-state index in [1.54, 1.807) is 0 Å². The number of alkyl carbamates (subject to hydrolysis) is 1. The van der Waals surface area contributed by atoms with Crippen molar-refractivity contribution in [3.05, 3.63) is 57.8 Å². The van der Waals surface area contributed by atoms with Gasteiger partial charge in [-0.15, -0.1) is 11.3 Å². The van der Waals surface area contributed by atoms with E-state index in [0.717, 1.165) is 41.7 Å². The summed E-state index contributed by atoms with van der Waals surface area (Å²) >= 11 is 1.44. The molecule has 3 rings (SSSR count). The fraction of sp³-hybridized carbons (Fsp3) is 0.409. The topological polar surface area (TPSA) is 91.2 Å². The smallest absolute Gasteiger partial charge is 0.408 e. The van der Waals surface area contributed by atoms with Gasteiger partial charge in [-0.25, -0.2) is 4.79 Å². The van der Waals surface area contributed by atoms with Crippen LogP contribution in [-0.2, 0) is 16.1 Å². The zero-order valence-corrected chi connectivity index (χ0v) is 17.2. The number of hydrogen-bond donors (Lipinski definition) is 2. The maximum absolute atomic E-state index is 13.0. The van der Waals surface area contributed by atoms with Crippen LogP contribution in [0.3, 0.4) is 0 Å². The average Bonchev–Trinajstić information content (AvgIpc) is 3.41. The first kappa shape index (κ1) is 20.9. The predicted octanol–water partition coefficient (Wildman–Crippen LogP) is 4.22. The zero-order valence-electron chi connectivity index (χ0n) is 16.4. The van der Waals surface area contributed by atoms with E-state index in [1.807, 2.05) is 48.7 Å². The second kappa shape index (κ2) is 10.1. The number of nitrogens with one attached hydrogen (secondary N) is 2. The van der Waals surface area contributed by atoms with Gasteiger partial charge < -0.3 is 15.4 Å². The lowest BCUT2D eigenvalue weighted by Gasteiger charge is -2.25. The zero-order chi connectivity index (χ0) is 20.6. The highest BCUT2D eigenvalue weighted by Crippen LogP contribution is 2.29. The van der Waals surface area contributed by atoms with Crippen molar-refractivity contribution < 1.29 is 14.3 Å². The highest BCUT2D eigenvalue weighted by atomic mass is 32.1. The second-order valence-electron chi connectivity index (χ2n) is 7.27. The van der Waals surface area contributed by atoms with Gasteiger partial charge in [0.25, 0.3) is 0 Å². The van der Waals surface area contributed by atoms with Gasteiger partial charge in [-0.1, -0.05) is 43.2 Å². The molecule has 1 heterocycles. The molecule has 1 saturated carbocycles. The fourth-order valence-corrected chi connectivity index (χ4v) is 4.57. The number of aryl methyl sites for hydroxylation is 1. The first-order valence-corrected chi connectivity index (χ1v) is 10.7. The van der Waals surface area contributed by atoms with Crippen molar-refractivity contribution in [2.45, 2.75) is 51.3 Å². The Hall–Kier alpha value is -2.85. The number of nitriles is 1. The van der Waals surface area contributed by atoms with Crippen molar-refractivity contribution in [2.75, 3.05) is 0 Å². The Morgan fingerprint density at radius 1 is 1.21 bits per heavy atom. The van der Waals surface area contributed by atoms with Crippen molar-refractivity contribution in [1.29, 1.82) is 5.26 Å². The Labute approximate surface area is 174 Å². The van der Waals surface area contributed by atoms with E-state index in [-0.39, 0.29) is 18.4 Å². The molecule has 0 radical (unpaired) electrons. The van der Waals surface area contributed by atoms with Gasteiger partial charge in [-0.05, 0) is 48.3 Å². The van der Waals surface area contributed by atoms with Gasteiger partial charge in [0.1, 0.15) is 12.6 Å². The van der Waals surface area contributed by atoms with E-state index in [4.69, 9.17) is 4.74 Å². The summed E-state index contributed by atoms with van der Waals surface area (Å²) in [5, 5.41) is 17.0. The summed E-state index contributed by atoms with van der Waals surface area (Å²) in [5.41, 5.74) is 1.84. The second-order valence-corrected chi connectivity index (χ2v) is 8.21. The molecule has 2 atom stereocenters. The molecule has 152 valence electrons. The fourth-order valence-electron chi connectivity index (χ4n) is 3.65. The molecule has 0 spiro atoms. The molecule has 2 amide bonds. The van der Waals surface area contributed by atoms with Crippen LogP contribution in [0.4, 0.5) is 4.79 Å². The maximum Gasteiger partial charge on any atom is 0.408 e. The molecule has 1 fully saturated rings. The van der Waals surface area contributed by atoms with E-state index < -0.39 is 18.2 Å². The molecule has 29 heavy (non-hydrogen) atoms. The first-order valence-electron chi connectivity index (χ1n) is 9.79. The van der Waals surface area contributed by atoms with Crippen LogP contribution in [0.2, 0.25) is 0 Å². The number of rotatable bonds is 7. The third kappa shape index (κ3) is 5.58. The molecule has 1 aromatic carbocycles. The van der Waals surface area contributed by atoms with Crippen molar-refractivity contribution in [3.8, 4) is 6.07 Å². The minimum Gasteiger partial charge on any atom is -0.445 e. The number of amides is 2. The summed E-state index contributed by atoms with van der Waals surface area (Å²) in [6.45, 7) is 2.05. The third-order valence-electron chi connectivity index (χ3n) is 5.22. The predicted molar refractivity (Wildman–Crippen MR) is 111 cm³/mol. The quantitative estimate of drug-likeness (QED) is 0.713. The molecule has 6 nitrogen and oxygen atoms in total.